The second-order valence-electron chi connectivity index (χ2n) is 8.01. The molecule has 0 aliphatic heterocycles. The topological polar surface area (TPSA) is 39.2 Å². The first kappa shape index (κ1) is 21.5. The first-order valence-electron chi connectivity index (χ1n) is 10.4. The summed E-state index contributed by atoms with van der Waals surface area (Å²) >= 11 is 0. The molecule has 1 unspecified atom stereocenters. The lowest BCUT2D eigenvalue weighted by atomic mass is 9.73. The highest BCUT2D eigenvalue weighted by Gasteiger charge is 2.38. The van der Waals surface area contributed by atoms with E-state index in [1.165, 1.54) is 5.56 Å². The lowest BCUT2D eigenvalue weighted by Gasteiger charge is -2.32. The molecule has 3 rings (SSSR count). The van der Waals surface area contributed by atoms with Gasteiger partial charge in [-0.2, -0.15) is 0 Å². The molecule has 1 heterocycles. The van der Waals surface area contributed by atoms with Crippen molar-refractivity contribution in [3.05, 3.63) is 108 Å². The molecule has 0 aliphatic rings. The van der Waals surface area contributed by atoms with Gasteiger partial charge in [0.15, 0.2) is 0 Å². The van der Waals surface area contributed by atoms with Gasteiger partial charge in [-0.1, -0.05) is 78.9 Å². The summed E-state index contributed by atoms with van der Waals surface area (Å²) in [6.45, 7) is 4.23. The minimum Gasteiger partial charge on any atom is -0.460 e. The van der Waals surface area contributed by atoms with E-state index in [0.29, 0.717) is 0 Å². The summed E-state index contributed by atoms with van der Waals surface area (Å²) in [6.07, 6.45) is 9.62. The van der Waals surface area contributed by atoms with Crippen LogP contribution in [0.4, 0.5) is 0 Å². The Kier molecular flexibility index (Phi) is 7.56. The number of carbonyl (C=O) groups is 1. The maximum absolute atomic E-state index is 13.0. The summed E-state index contributed by atoms with van der Waals surface area (Å²) in [6, 6.07) is 24.0. The monoisotopic (exact) mass is 399 g/mol. The second kappa shape index (κ2) is 10.5. The average Bonchev–Trinajstić information content (AvgIpc) is 2.79. The van der Waals surface area contributed by atoms with Gasteiger partial charge in [-0.15, -0.1) is 0 Å². The third-order valence-corrected chi connectivity index (χ3v) is 5.43. The van der Waals surface area contributed by atoms with E-state index in [2.05, 4.69) is 29.3 Å². The van der Waals surface area contributed by atoms with Crippen LogP contribution >= 0.6 is 0 Å². The summed E-state index contributed by atoms with van der Waals surface area (Å²) < 4.78 is 5.69. The number of pyridine rings is 1. The standard InChI is InChI=1S/C27H29NO2/c1-27(2,26(29)30-21-23-15-7-4-8-16-23)25(24-17-11-19-28-20-24)18-10-9-14-22-12-5-3-6-13-22/h3-9,11-17,19-20,25H,10,18,21H2,1-2H3/b14-9-. The molecule has 0 saturated heterocycles. The minimum absolute atomic E-state index is 0.00916. The Bertz CT molecular complexity index is 934. The summed E-state index contributed by atoms with van der Waals surface area (Å²) in [4.78, 5) is 17.3. The third kappa shape index (κ3) is 5.90. The van der Waals surface area contributed by atoms with Gasteiger partial charge in [-0.25, -0.2) is 0 Å². The number of nitrogens with zero attached hydrogens (tertiary/aromatic N) is 1. The Morgan fingerprint density at radius 2 is 1.70 bits per heavy atom. The van der Waals surface area contributed by atoms with Crippen molar-refractivity contribution >= 4 is 12.0 Å². The SMILES string of the molecule is CC(C)(C(=O)OCc1ccccc1)C(CC/C=C\c1ccccc1)c1cccnc1. The first-order chi connectivity index (χ1) is 14.6. The number of hydrogen-bond donors (Lipinski definition) is 0. The molecule has 2 aromatic carbocycles. The number of allylic oxidation sites excluding steroid dienone is 1. The highest BCUT2D eigenvalue weighted by atomic mass is 16.5. The number of esters is 1. The van der Waals surface area contributed by atoms with Crippen LogP contribution in [0.15, 0.2) is 91.3 Å². The van der Waals surface area contributed by atoms with Crippen LogP contribution in [0.1, 0.15) is 49.3 Å². The zero-order chi connectivity index (χ0) is 21.2. The minimum atomic E-state index is -0.668. The highest BCUT2D eigenvalue weighted by Crippen LogP contribution is 2.40. The lowest BCUT2D eigenvalue weighted by molar-refractivity contribution is -0.156. The molecule has 0 aliphatic carbocycles. The van der Waals surface area contributed by atoms with Crippen LogP contribution in [0.2, 0.25) is 0 Å². The van der Waals surface area contributed by atoms with Gasteiger partial charge in [-0.05, 0) is 49.4 Å². The van der Waals surface area contributed by atoms with E-state index >= 15 is 0 Å². The fraction of sp³-hybridized carbons (Fsp3) is 0.259. The summed E-state index contributed by atoms with van der Waals surface area (Å²) in [7, 11) is 0. The molecule has 1 atom stereocenters. The number of aromatic nitrogens is 1. The summed E-state index contributed by atoms with van der Waals surface area (Å²) in [5.41, 5.74) is 2.56. The van der Waals surface area contributed by atoms with Crippen LogP contribution in [0.25, 0.3) is 6.08 Å². The van der Waals surface area contributed by atoms with Crippen molar-refractivity contribution < 1.29 is 9.53 Å². The van der Waals surface area contributed by atoms with E-state index < -0.39 is 5.41 Å². The maximum atomic E-state index is 13.0. The van der Waals surface area contributed by atoms with Crippen LogP contribution in [0.3, 0.4) is 0 Å². The zero-order valence-electron chi connectivity index (χ0n) is 17.7. The summed E-state index contributed by atoms with van der Waals surface area (Å²) in [5, 5.41) is 0. The number of rotatable bonds is 9. The Labute approximate surface area is 179 Å². The lowest BCUT2D eigenvalue weighted by Crippen LogP contribution is -2.33. The van der Waals surface area contributed by atoms with Crippen LogP contribution in [-0.2, 0) is 16.1 Å². The fourth-order valence-corrected chi connectivity index (χ4v) is 3.62. The Morgan fingerprint density at radius 3 is 2.37 bits per heavy atom. The van der Waals surface area contributed by atoms with Crippen LogP contribution in [0.5, 0.6) is 0 Å². The van der Waals surface area contributed by atoms with Gasteiger partial charge in [0.2, 0.25) is 0 Å². The molecule has 3 nitrogen and oxygen atoms in total. The summed E-state index contributed by atoms with van der Waals surface area (Å²) in [5.74, 6) is -0.179. The number of benzene rings is 2. The Morgan fingerprint density at radius 1 is 1.00 bits per heavy atom. The second-order valence-corrected chi connectivity index (χ2v) is 8.01. The van der Waals surface area contributed by atoms with Crippen molar-refractivity contribution in [2.24, 2.45) is 5.41 Å². The number of hydrogen-bond acceptors (Lipinski definition) is 3. The molecule has 154 valence electrons. The van der Waals surface area contributed by atoms with E-state index in [0.717, 1.165) is 24.0 Å². The molecular weight excluding hydrogens is 370 g/mol. The van der Waals surface area contributed by atoms with Gasteiger partial charge >= 0.3 is 5.97 Å². The molecule has 0 saturated carbocycles. The van der Waals surface area contributed by atoms with Crippen molar-refractivity contribution in [1.29, 1.82) is 0 Å². The first-order valence-corrected chi connectivity index (χ1v) is 10.4. The van der Waals surface area contributed by atoms with E-state index in [-0.39, 0.29) is 18.5 Å². The van der Waals surface area contributed by atoms with Gasteiger partial charge in [0, 0.05) is 18.3 Å². The average molecular weight is 400 g/mol. The van der Waals surface area contributed by atoms with E-state index in [9.17, 15) is 4.79 Å². The fourth-order valence-electron chi connectivity index (χ4n) is 3.62. The van der Waals surface area contributed by atoms with Gasteiger partial charge in [-0.3, -0.25) is 9.78 Å². The van der Waals surface area contributed by atoms with Crippen molar-refractivity contribution in [1.82, 2.24) is 4.98 Å². The van der Waals surface area contributed by atoms with Crippen molar-refractivity contribution in [2.45, 2.75) is 39.2 Å². The van der Waals surface area contributed by atoms with Gasteiger partial charge in [0.05, 0.1) is 5.41 Å². The number of carbonyl (C=O) groups excluding carboxylic acids is 1. The van der Waals surface area contributed by atoms with Crippen LogP contribution in [0, 0.1) is 5.41 Å². The predicted octanol–water partition coefficient (Wildman–Crippen LogP) is 6.43. The quantitative estimate of drug-likeness (QED) is 0.389. The molecule has 3 heteroatoms. The molecule has 0 bridgehead atoms. The van der Waals surface area contributed by atoms with Gasteiger partial charge in [0.1, 0.15) is 6.61 Å². The molecule has 0 N–H and O–H groups in total. The van der Waals surface area contributed by atoms with Crippen LogP contribution < -0.4 is 0 Å². The van der Waals surface area contributed by atoms with Gasteiger partial charge in [0.25, 0.3) is 0 Å². The van der Waals surface area contributed by atoms with Crippen molar-refractivity contribution in [3.63, 3.8) is 0 Å². The molecule has 0 spiro atoms. The zero-order valence-corrected chi connectivity index (χ0v) is 17.7. The molecule has 30 heavy (non-hydrogen) atoms. The number of ether oxygens (including phenoxy) is 1. The van der Waals surface area contributed by atoms with E-state index in [1.54, 1.807) is 6.20 Å². The largest absolute Gasteiger partial charge is 0.460 e. The highest BCUT2D eigenvalue weighted by molar-refractivity contribution is 5.77. The predicted molar refractivity (Wildman–Crippen MR) is 122 cm³/mol. The molecule has 0 amide bonds. The third-order valence-electron chi connectivity index (χ3n) is 5.43. The molecule has 0 radical (unpaired) electrons. The van der Waals surface area contributed by atoms with Crippen molar-refractivity contribution in [3.8, 4) is 0 Å². The van der Waals surface area contributed by atoms with E-state index in [4.69, 9.17) is 4.74 Å². The molecular formula is C27H29NO2. The van der Waals surface area contributed by atoms with E-state index in [1.807, 2.05) is 80.7 Å². The Hall–Kier alpha value is -3.20. The Balaban J connectivity index is 1.70. The van der Waals surface area contributed by atoms with Crippen molar-refractivity contribution in [2.75, 3.05) is 0 Å². The van der Waals surface area contributed by atoms with Gasteiger partial charge < -0.3 is 4.74 Å². The normalized spacial score (nSPS) is 12.6. The smallest absolute Gasteiger partial charge is 0.312 e. The molecule has 1 aromatic heterocycles. The maximum Gasteiger partial charge on any atom is 0.312 e. The molecule has 3 aromatic rings. The van der Waals surface area contributed by atoms with Crippen LogP contribution in [-0.4, -0.2) is 11.0 Å². The molecule has 0 fully saturated rings.